The number of carbonyl (C=O) groups excluding carboxylic acids is 1. The monoisotopic (exact) mass is 380 g/mol. The first-order valence-electron chi connectivity index (χ1n) is 7.77. The minimum absolute atomic E-state index is 0.134. The van der Waals surface area contributed by atoms with Gasteiger partial charge < -0.3 is 15.0 Å². The molecule has 0 aliphatic heterocycles. The Bertz CT molecular complexity index is 873. The van der Waals surface area contributed by atoms with Gasteiger partial charge in [0.1, 0.15) is 5.82 Å². The summed E-state index contributed by atoms with van der Waals surface area (Å²) in [6, 6.07) is 7.05. The second-order valence-electron chi connectivity index (χ2n) is 5.63. The predicted molar refractivity (Wildman–Crippen MR) is 92.7 cm³/mol. The molecule has 0 aliphatic carbocycles. The normalized spacial score (nSPS) is 12.5. The molecular weight excluding hydrogens is 360 g/mol. The number of nitrogens with one attached hydrogen (secondary N) is 2. The molecule has 1 aromatic heterocycles. The molecule has 0 radical (unpaired) electrons. The van der Waals surface area contributed by atoms with Crippen LogP contribution < -0.4 is 10.0 Å². The Hall–Kier alpha value is -2.72. The second kappa shape index (κ2) is 8.11. The molecule has 3 N–H and O–H groups in total. The fourth-order valence-electron chi connectivity index (χ4n) is 2.19. The number of aryl methyl sites for hydroxylation is 2. The Labute approximate surface area is 151 Å². The quantitative estimate of drug-likeness (QED) is 0.605. The molecule has 0 bridgehead atoms. The molecule has 26 heavy (non-hydrogen) atoms. The van der Waals surface area contributed by atoms with Crippen LogP contribution in [0.5, 0.6) is 0 Å². The number of hydrogen-bond acceptors (Lipinski definition) is 5. The number of nitrogens with zero attached hydrogens (tertiary/aromatic N) is 2. The van der Waals surface area contributed by atoms with Crippen molar-refractivity contribution in [1.29, 1.82) is 0 Å². The fraction of sp³-hybridized carbons (Fsp3) is 0.312. The number of carboxylic acids is 1. The zero-order chi connectivity index (χ0) is 19.3. The summed E-state index contributed by atoms with van der Waals surface area (Å²) in [7, 11) is -2.16. The number of sulfonamides is 1. The van der Waals surface area contributed by atoms with Crippen molar-refractivity contribution in [2.45, 2.75) is 24.4 Å². The van der Waals surface area contributed by atoms with Crippen LogP contribution in [0.15, 0.2) is 41.6 Å². The summed E-state index contributed by atoms with van der Waals surface area (Å²) in [4.78, 5) is 27.3. The van der Waals surface area contributed by atoms with Crippen LogP contribution in [0.3, 0.4) is 0 Å². The molecule has 0 spiro atoms. The van der Waals surface area contributed by atoms with E-state index in [1.165, 1.54) is 6.20 Å². The summed E-state index contributed by atoms with van der Waals surface area (Å²) in [6.45, 7) is 1.49. The van der Waals surface area contributed by atoms with Crippen LogP contribution in [-0.2, 0) is 26.7 Å². The first-order valence-corrected chi connectivity index (χ1v) is 9.26. The van der Waals surface area contributed by atoms with E-state index in [-0.39, 0.29) is 18.0 Å². The van der Waals surface area contributed by atoms with Crippen LogP contribution in [-0.4, -0.2) is 41.5 Å². The van der Waals surface area contributed by atoms with Gasteiger partial charge >= 0.3 is 5.97 Å². The van der Waals surface area contributed by atoms with Crippen molar-refractivity contribution < 1.29 is 23.1 Å². The number of hydrogen-bond donors (Lipinski definition) is 3. The third-order valence-electron chi connectivity index (χ3n) is 3.69. The van der Waals surface area contributed by atoms with Gasteiger partial charge in [-0.25, -0.2) is 22.9 Å². The molecule has 0 saturated carbocycles. The summed E-state index contributed by atoms with van der Waals surface area (Å²) in [6.07, 6.45) is 1.16. The first kappa shape index (κ1) is 19.6. The number of aromatic nitrogens is 2. The molecular formula is C16H20N4O5S. The molecule has 0 aliphatic rings. The summed E-state index contributed by atoms with van der Waals surface area (Å²) in [5.74, 6) is -1.24. The molecule has 2 rings (SSSR count). The lowest BCUT2D eigenvalue weighted by molar-refractivity contribution is -0.142. The molecule has 1 atom stereocenters. The molecule has 9 nitrogen and oxygen atoms in total. The van der Waals surface area contributed by atoms with Crippen LogP contribution in [0.1, 0.15) is 23.9 Å². The van der Waals surface area contributed by atoms with E-state index < -0.39 is 27.9 Å². The van der Waals surface area contributed by atoms with E-state index in [9.17, 15) is 23.1 Å². The number of amides is 1. The smallest absolute Gasteiger partial charge is 0.330 e. The highest BCUT2D eigenvalue weighted by Crippen LogP contribution is 2.13. The molecule has 0 fully saturated rings. The highest BCUT2D eigenvalue weighted by Gasteiger charge is 2.22. The summed E-state index contributed by atoms with van der Waals surface area (Å²) in [5.41, 5.74) is 0.429. The minimum Gasteiger partial charge on any atom is -0.479 e. The van der Waals surface area contributed by atoms with Crippen molar-refractivity contribution in [2.75, 3.05) is 6.54 Å². The lowest BCUT2D eigenvalue weighted by Crippen LogP contribution is -2.36. The van der Waals surface area contributed by atoms with E-state index in [1.807, 2.05) is 0 Å². The molecule has 140 valence electrons. The van der Waals surface area contributed by atoms with E-state index in [2.05, 4.69) is 15.0 Å². The minimum atomic E-state index is -3.83. The summed E-state index contributed by atoms with van der Waals surface area (Å²) < 4.78 is 28.1. The number of imidazole rings is 1. The Morgan fingerprint density at radius 1 is 1.27 bits per heavy atom. The van der Waals surface area contributed by atoms with Gasteiger partial charge in [0.15, 0.2) is 11.1 Å². The van der Waals surface area contributed by atoms with Gasteiger partial charge in [-0.3, -0.25) is 4.79 Å². The van der Waals surface area contributed by atoms with E-state index >= 15 is 0 Å². The van der Waals surface area contributed by atoms with Crippen molar-refractivity contribution >= 4 is 21.9 Å². The Morgan fingerprint density at radius 2 is 1.92 bits per heavy atom. The zero-order valence-corrected chi connectivity index (χ0v) is 15.2. The van der Waals surface area contributed by atoms with E-state index in [0.717, 1.165) is 0 Å². The molecule has 1 amide bonds. The summed E-state index contributed by atoms with van der Waals surface area (Å²) in [5, 5.41) is 11.5. The Balaban J connectivity index is 1.92. The van der Waals surface area contributed by atoms with Gasteiger partial charge in [0, 0.05) is 26.2 Å². The van der Waals surface area contributed by atoms with Crippen molar-refractivity contribution in [1.82, 2.24) is 19.6 Å². The molecule has 2 aromatic rings. The van der Waals surface area contributed by atoms with Crippen LogP contribution in [0, 0.1) is 6.92 Å². The third-order valence-corrected chi connectivity index (χ3v) is 5.02. The zero-order valence-electron chi connectivity index (χ0n) is 14.3. The van der Waals surface area contributed by atoms with Crippen LogP contribution in [0.25, 0.3) is 0 Å². The number of carbonyl (C=O) groups is 2. The van der Waals surface area contributed by atoms with Gasteiger partial charge in [0.25, 0.3) is 10.0 Å². The second-order valence-corrected chi connectivity index (χ2v) is 7.35. The number of aliphatic carboxylic acids is 1. The lowest BCUT2D eigenvalue weighted by atomic mass is 10.1. The summed E-state index contributed by atoms with van der Waals surface area (Å²) >= 11 is 0. The van der Waals surface area contributed by atoms with Crippen molar-refractivity contribution in [2.24, 2.45) is 7.05 Å². The van der Waals surface area contributed by atoms with Gasteiger partial charge in [-0.15, -0.1) is 0 Å². The van der Waals surface area contributed by atoms with Crippen molar-refractivity contribution in [3.8, 4) is 0 Å². The predicted octanol–water partition coefficient (Wildman–Crippen LogP) is 0.339. The average Bonchev–Trinajstić information content (AvgIpc) is 2.93. The topological polar surface area (TPSA) is 130 Å². The number of carboxylic acid groups (broad SMARTS) is 1. The fourth-order valence-corrected chi connectivity index (χ4v) is 3.26. The highest BCUT2D eigenvalue weighted by atomic mass is 32.2. The van der Waals surface area contributed by atoms with E-state index in [1.54, 1.807) is 48.9 Å². The SMILES string of the molecule is Cc1nc(S(=O)(=O)NCCC(=O)N[C@H](C(=O)O)c2ccccc2)cn1C. The van der Waals surface area contributed by atoms with Crippen molar-refractivity contribution in [3.05, 3.63) is 47.9 Å². The van der Waals surface area contributed by atoms with Gasteiger partial charge in [-0.05, 0) is 12.5 Å². The first-order chi connectivity index (χ1) is 12.2. The largest absolute Gasteiger partial charge is 0.479 e. The van der Waals surface area contributed by atoms with Gasteiger partial charge in [0.2, 0.25) is 5.91 Å². The Kier molecular flexibility index (Phi) is 6.11. The van der Waals surface area contributed by atoms with Crippen molar-refractivity contribution in [3.63, 3.8) is 0 Å². The van der Waals surface area contributed by atoms with E-state index in [0.29, 0.717) is 11.4 Å². The lowest BCUT2D eigenvalue weighted by Gasteiger charge is -2.15. The maximum atomic E-state index is 12.1. The highest BCUT2D eigenvalue weighted by molar-refractivity contribution is 7.89. The molecule has 10 heteroatoms. The average molecular weight is 380 g/mol. The maximum absolute atomic E-state index is 12.1. The van der Waals surface area contributed by atoms with Gasteiger partial charge in [-0.2, -0.15) is 0 Å². The molecule has 0 saturated heterocycles. The van der Waals surface area contributed by atoms with Gasteiger partial charge in [-0.1, -0.05) is 30.3 Å². The standard InChI is InChI=1S/C16H20N4O5S/c1-11-18-14(10-20(11)2)26(24,25)17-9-8-13(21)19-15(16(22)23)12-6-4-3-5-7-12/h3-7,10,15,17H,8-9H2,1-2H3,(H,19,21)(H,22,23)/t15-/m0/s1. The maximum Gasteiger partial charge on any atom is 0.330 e. The van der Waals surface area contributed by atoms with Crippen LogP contribution in [0.2, 0.25) is 0 Å². The van der Waals surface area contributed by atoms with Crippen LogP contribution in [0.4, 0.5) is 0 Å². The Morgan fingerprint density at radius 3 is 2.46 bits per heavy atom. The molecule has 1 heterocycles. The van der Waals surface area contributed by atoms with Gasteiger partial charge in [0.05, 0.1) is 0 Å². The van der Waals surface area contributed by atoms with Crippen LogP contribution >= 0.6 is 0 Å². The third kappa shape index (κ3) is 4.90. The number of rotatable bonds is 8. The van der Waals surface area contributed by atoms with E-state index in [4.69, 9.17) is 0 Å². The molecule has 0 unspecified atom stereocenters. The number of benzene rings is 1. The molecule has 1 aromatic carbocycles.